The predicted molar refractivity (Wildman–Crippen MR) is 86.5 cm³/mol. The fourth-order valence-corrected chi connectivity index (χ4v) is 4.16. The number of benzene rings is 1. The van der Waals surface area contributed by atoms with Gasteiger partial charge in [-0.25, -0.2) is 0 Å². The molecule has 5 heteroatoms. The van der Waals surface area contributed by atoms with Crippen molar-refractivity contribution in [1.82, 2.24) is 0 Å². The van der Waals surface area contributed by atoms with Crippen LogP contribution in [0.25, 0.3) is 0 Å². The first-order valence-corrected chi connectivity index (χ1v) is 8.13. The van der Waals surface area contributed by atoms with E-state index in [9.17, 15) is 9.90 Å². The van der Waals surface area contributed by atoms with E-state index in [4.69, 9.17) is 14.2 Å². The largest absolute Gasteiger partial charge is 0.454 e. The van der Waals surface area contributed by atoms with Crippen LogP contribution >= 0.6 is 0 Å². The van der Waals surface area contributed by atoms with Gasteiger partial charge in [-0.2, -0.15) is 0 Å². The Morgan fingerprint density at radius 2 is 2.17 bits per heavy atom. The molecule has 126 valence electrons. The molecule has 24 heavy (non-hydrogen) atoms. The lowest BCUT2D eigenvalue weighted by Gasteiger charge is -2.41. The average Bonchev–Trinajstić information content (AvgIpc) is 3.12. The van der Waals surface area contributed by atoms with E-state index >= 15 is 0 Å². The minimum absolute atomic E-state index is 0.110. The summed E-state index contributed by atoms with van der Waals surface area (Å²) in [5.41, 5.74) is 0.0599. The summed E-state index contributed by atoms with van der Waals surface area (Å²) in [4.78, 5) is 12.5. The van der Waals surface area contributed by atoms with Crippen molar-refractivity contribution in [2.75, 3.05) is 6.79 Å². The summed E-state index contributed by atoms with van der Waals surface area (Å²) in [7, 11) is 0. The van der Waals surface area contributed by atoms with Gasteiger partial charge in [-0.1, -0.05) is 31.2 Å². The summed E-state index contributed by atoms with van der Waals surface area (Å²) in [6.45, 7) is 6.00. The third-order valence-corrected chi connectivity index (χ3v) is 5.50. The Kier molecular flexibility index (Phi) is 3.34. The highest BCUT2D eigenvalue weighted by Gasteiger charge is 2.66. The van der Waals surface area contributed by atoms with Crippen LogP contribution in [-0.4, -0.2) is 23.5 Å². The molecule has 0 amide bonds. The molecule has 1 N–H and O–H groups in total. The van der Waals surface area contributed by atoms with Gasteiger partial charge in [0.05, 0.1) is 11.5 Å². The third-order valence-electron chi connectivity index (χ3n) is 5.50. The van der Waals surface area contributed by atoms with Crippen LogP contribution in [0.15, 0.2) is 43.0 Å². The lowest BCUT2D eigenvalue weighted by molar-refractivity contribution is -0.224. The highest BCUT2D eigenvalue weighted by Crippen LogP contribution is 2.60. The van der Waals surface area contributed by atoms with Gasteiger partial charge in [0.2, 0.25) is 12.6 Å². The Bertz CT molecular complexity index is 739. The third kappa shape index (κ3) is 1.85. The van der Waals surface area contributed by atoms with Crippen molar-refractivity contribution in [1.29, 1.82) is 0 Å². The molecule has 0 aromatic heterocycles. The van der Waals surface area contributed by atoms with Crippen LogP contribution in [0.3, 0.4) is 0 Å². The number of carbonyl (C=O) groups is 1. The van der Waals surface area contributed by atoms with E-state index in [1.807, 2.05) is 37.3 Å². The van der Waals surface area contributed by atoms with Gasteiger partial charge >= 0.3 is 0 Å². The minimum atomic E-state index is -1.82. The maximum absolute atomic E-state index is 12.5. The van der Waals surface area contributed by atoms with Crippen molar-refractivity contribution < 1.29 is 24.1 Å². The molecule has 2 aliphatic heterocycles. The second-order valence-corrected chi connectivity index (χ2v) is 6.65. The molecule has 2 heterocycles. The van der Waals surface area contributed by atoms with Crippen molar-refractivity contribution in [3.05, 3.63) is 48.6 Å². The molecule has 5 nitrogen and oxygen atoms in total. The van der Waals surface area contributed by atoms with E-state index < -0.39 is 17.3 Å². The van der Waals surface area contributed by atoms with Gasteiger partial charge in [-0.15, -0.1) is 6.58 Å². The van der Waals surface area contributed by atoms with E-state index in [2.05, 4.69) is 6.58 Å². The topological polar surface area (TPSA) is 65.0 Å². The van der Waals surface area contributed by atoms with Crippen LogP contribution in [-0.2, 0) is 9.53 Å². The van der Waals surface area contributed by atoms with E-state index in [1.165, 1.54) is 0 Å². The summed E-state index contributed by atoms with van der Waals surface area (Å²) in [5.74, 6) is -0.887. The minimum Gasteiger partial charge on any atom is -0.454 e. The van der Waals surface area contributed by atoms with Crippen LogP contribution in [0.4, 0.5) is 0 Å². The van der Waals surface area contributed by atoms with Crippen LogP contribution in [0.2, 0.25) is 0 Å². The number of carbonyl (C=O) groups excluding carboxylic acids is 1. The molecule has 1 aromatic carbocycles. The maximum Gasteiger partial charge on any atom is 0.237 e. The smallest absolute Gasteiger partial charge is 0.237 e. The SMILES string of the molecule is C=CC[C@]12C=CCC(=O)[C@@]1(O)OC(c1ccc3c(c1)OCO3)[C@H]2C. The molecule has 0 radical (unpaired) electrons. The summed E-state index contributed by atoms with van der Waals surface area (Å²) >= 11 is 0. The quantitative estimate of drug-likeness (QED) is 0.864. The zero-order valence-electron chi connectivity index (χ0n) is 13.5. The van der Waals surface area contributed by atoms with Gasteiger partial charge in [-0.3, -0.25) is 4.79 Å². The molecule has 0 saturated carbocycles. The monoisotopic (exact) mass is 328 g/mol. The summed E-state index contributed by atoms with van der Waals surface area (Å²) < 4.78 is 16.8. The number of fused-ring (bicyclic) bond motifs is 2. The first kappa shape index (κ1) is 15.4. The lowest BCUT2D eigenvalue weighted by atomic mass is 9.64. The van der Waals surface area contributed by atoms with Gasteiger partial charge in [0, 0.05) is 12.3 Å². The summed E-state index contributed by atoms with van der Waals surface area (Å²) in [6, 6.07) is 5.59. The number of hydrogen-bond donors (Lipinski definition) is 1. The average molecular weight is 328 g/mol. The maximum atomic E-state index is 12.5. The van der Waals surface area contributed by atoms with Crippen LogP contribution in [0.1, 0.15) is 31.4 Å². The molecule has 4 rings (SSSR count). The first-order chi connectivity index (χ1) is 11.5. The molecule has 4 atom stereocenters. The molecule has 1 fully saturated rings. The second-order valence-electron chi connectivity index (χ2n) is 6.65. The van der Waals surface area contributed by atoms with Crippen molar-refractivity contribution in [2.45, 2.75) is 31.7 Å². The van der Waals surface area contributed by atoms with Crippen molar-refractivity contribution in [2.24, 2.45) is 11.3 Å². The fraction of sp³-hybridized carbons (Fsp3) is 0.421. The Balaban J connectivity index is 1.78. The zero-order chi connectivity index (χ0) is 16.9. The normalized spacial score (nSPS) is 36.7. The number of aliphatic hydroxyl groups is 1. The molecule has 1 aromatic rings. The standard InChI is InChI=1S/C19H20O5/c1-3-8-18-9-4-5-16(20)19(18,21)24-17(12(18)2)13-6-7-14-15(10-13)23-11-22-14/h3-4,6-7,9-10,12,17,21H,1,5,8,11H2,2H3/t12-,17?,18-,19-/m1/s1. The van der Waals surface area contributed by atoms with Crippen LogP contribution in [0, 0.1) is 11.3 Å². The highest BCUT2D eigenvalue weighted by molar-refractivity contribution is 5.90. The van der Waals surface area contributed by atoms with Gasteiger partial charge in [0.1, 0.15) is 0 Å². The van der Waals surface area contributed by atoms with Crippen molar-refractivity contribution in [3.63, 3.8) is 0 Å². The van der Waals surface area contributed by atoms with E-state index in [-0.39, 0.29) is 24.9 Å². The van der Waals surface area contributed by atoms with Crippen molar-refractivity contribution in [3.8, 4) is 11.5 Å². The predicted octanol–water partition coefficient (Wildman–Crippen LogP) is 2.90. The molecular formula is C19H20O5. The van der Waals surface area contributed by atoms with Gasteiger partial charge in [-0.05, 0) is 24.1 Å². The number of ketones is 1. The first-order valence-electron chi connectivity index (χ1n) is 8.13. The van der Waals surface area contributed by atoms with Crippen molar-refractivity contribution >= 4 is 5.78 Å². The summed E-state index contributed by atoms with van der Waals surface area (Å²) in [5, 5.41) is 11.1. The van der Waals surface area contributed by atoms with E-state index in [0.29, 0.717) is 17.9 Å². The molecular weight excluding hydrogens is 308 g/mol. The van der Waals surface area contributed by atoms with Gasteiger partial charge in [0.25, 0.3) is 0 Å². The number of rotatable bonds is 3. The molecule has 1 unspecified atom stereocenters. The summed E-state index contributed by atoms with van der Waals surface area (Å²) in [6.07, 6.45) is 5.70. The zero-order valence-corrected chi connectivity index (χ0v) is 13.5. The number of allylic oxidation sites excluding steroid dienone is 2. The molecule has 3 aliphatic rings. The molecule has 0 bridgehead atoms. The number of hydrogen-bond acceptors (Lipinski definition) is 5. The van der Waals surface area contributed by atoms with E-state index in [0.717, 1.165) is 5.56 Å². The Hall–Kier alpha value is -2.11. The number of Topliss-reactive ketones (excluding diaryl/α,β-unsaturated/α-hetero) is 1. The van der Waals surface area contributed by atoms with E-state index in [1.54, 1.807) is 6.08 Å². The second kappa shape index (κ2) is 5.19. The fourth-order valence-electron chi connectivity index (χ4n) is 4.16. The lowest BCUT2D eigenvalue weighted by Crippen LogP contribution is -2.53. The Morgan fingerprint density at radius 1 is 1.38 bits per heavy atom. The Labute approximate surface area is 140 Å². The van der Waals surface area contributed by atoms with Crippen LogP contribution in [0.5, 0.6) is 11.5 Å². The highest BCUT2D eigenvalue weighted by atomic mass is 16.7. The Morgan fingerprint density at radius 3 is 2.96 bits per heavy atom. The molecule has 0 spiro atoms. The molecule has 1 aliphatic carbocycles. The molecule has 1 saturated heterocycles. The van der Waals surface area contributed by atoms with Gasteiger partial charge < -0.3 is 19.3 Å². The number of ether oxygens (including phenoxy) is 3. The van der Waals surface area contributed by atoms with Gasteiger partial charge in [0.15, 0.2) is 17.3 Å². The van der Waals surface area contributed by atoms with Crippen LogP contribution < -0.4 is 9.47 Å².